The zero-order valence-electron chi connectivity index (χ0n) is 18.2. The molecule has 5 rings (SSSR count). The first kappa shape index (κ1) is 21.9. The molecule has 170 valence electrons. The van der Waals surface area contributed by atoms with E-state index >= 15 is 0 Å². The molecule has 8 heteroatoms. The molecule has 0 aliphatic carbocycles. The van der Waals surface area contributed by atoms with Crippen molar-refractivity contribution < 1.29 is 17.9 Å². The predicted molar refractivity (Wildman–Crippen MR) is 131 cm³/mol. The molecule has 0 atom stereocenters. The Morgan fingerprint density at radius 3 is 2.55 bits per heavy atom. The lowest BCUT2D eigenvalue weighted by molar-refractivity contribution is 0.0987. The zero-order chi connectivity index (χ0) is 23.0. The highest BCUT2D eigenvalue weighted by Crippen LogP contribution is 2.37. The van der Waals surface area contributed by atoms with Gasteiger partial charge in [-0.15, -0.1) is 11.8 Å². The number of carbonyl (C=O) groups is 1. The largest absolute Gasteiger partial charge is 0.495 e. The monoisotopic (exact) mass is 480 g/mol. The third kappa shape index (κ3) is 3.87. The van der Waals surface area contributed by atoms with Crippen molar-refractivity contribution in [2.45, 2.75) is 22.6 Å². The van der Waals surface area contributed by atoms with Crippen molar-refractivity contribution in [1.82, 2.24) is 0 Å². The van der Waals surface area contributed by atoms with Crippen molar-refractivity contribution in [2.24, 2.45) is 0 Å². The van der Waals surface area contributed by atoms with Crippen LogP contribution in [0.5, 0.6) is 5.75 Å². The second kappa shape index (κ2) is 8.76. The molecule has 3 aromatic carbocycles. The summed E-state index contributed by atoms with van der Waals surface area (Å²) in [6, 6.07) is 20.0. The molecular weight excluding hydrogens is 456 g/mol. The minimum absolute atomic E-state index is 0.00669. The Bertz CT molecular complexity index is 1320. The van der Waals surface area contributed by atoms with E-state index in [1.807, 2.05) is 48.5 Å². The molecule has 2 aliphatic heterocycles. The fourth-order valence-corrected chi connectivity index (χ4v) is 7.14. The Balaban J connectivity index is 1.56. The van der Waals surface area contributed by atoms with Crippen LogP contribution in [0.3, 0.4) is 0 Å². The third-order valence-electron chi connectivity index (χ3n) is 6.02. The van der Waals surface area contributed by atoms with E-state index in [2.05, 4.69) is 0 Å². The number of para-hydroxylation sites is 2. The van der Waals surface area contributed by atoms with Gasteiger partial charge < -0.3 is 9.64 Å². The summed E-state index contributed by atoms with van der Waals surface area (Å²) in [5.41, 5.74) is 2.86. The topological polar surface area (TPSA) is 66.9 Å². The van der Waals surface area contributed by atoms with Crippen molar-refractivity contribution in [3.8, 4) is 5.75 Å². The van der Waals surface area contributed by atoms with Crippen LogP contribution in [-0.4, -0.2) is 40.3 Å². The molecule has 0 saturated heterocycles. The highest BCUT2D eigenvalue weighted by Gasteiger charge is 2.33. The zero-order valence-corrected chi connectivity index (χ0v) is 19.9. The van der Waals surface area contributed by atoms with Gasteiger partial charge in [0.2, 0.25) is 0 Å². The molecule has 6 nitrogen and oxygen atoms in total. The van der Waals surface area contributed by atoms with Crippen molar-refractivity contribution in [3.63, 3.8) is 0 Å². The summed E-state index contributed by atoms with van der Waals surface area (Å²) in [5.74, 6) is 0.791. The van der Waals surface area contributed by atoms with Gasteiger partial charge in [0.1, 0.15) is 10.6 Å². The van der Waals surface area contributed by atoms with E-state index in [0.717, 1.165) is 34.7 Å². The first-order valence-electron chi connectivity index (χ1n) is 10.8. The number of benzene rings is 3. The normalized spacial score (nSPS) is 15.5. The lowest BCUT2D eigenvalue weighted by atomic mass is 10.0. The molecule has 0 fully saturated rings. The van der Waals surface area contributed by atoms with Gasteiger partial charge in [-0.1, -0.05) is 30.3 Å². The maximum absolute atomic E-state index is 13.8. The number of rotatable bonds is 4. The smallest absolute Gasteiger partial charge is 0.268 e. The van der Waals surface area contributed by atoms with Crippen molar-refractivity contribution in [3.05, 3.63) is 77.9 Å². The average molecular weight is 481 g/mol. The minimum Gasteiger partial charge on any atom is -0.495 e. The first-order chi connectivity index (χ1) is 16.0. The third-order valence-corrected chi connectivity index (χ3v) is 8.90. The predicted octanol–water partition coefficient (Wildman–Crippen LogP) is 4.59. The summed E-state index contributed by atoms with van der Waals surface area (Å²) < 4.78 is 34.4. The number of carbonyl (C=O) groups excluding carboxylic acids is 1. The number of nitrogens with zero attached hydrogens (tertiary/aromatic N) is 2. The van der Waals surface area contributed by atoms with E-state index in [4.69, 9.17) is 4.74 Å². The summed E-state index contributed by atoms with van der Waals surface area (Å²) in [5, 5.41) is 0. The first-order valence-corrected chi connectivity index (χ1v) is 13.3. The maximum Gasteiger partial charge on any atom is 0.268 e. The molecule has 0 spiro atoms. The number of fused-ring (bicyclic) bond motifs is 2. The lowest BCUT2D eigenvalue weighted by Gasteiger charge is -2.31. The van der Waals surface area contributed by atoms with Crippen molar-refractivity contribution in [2.75, 3.05) is 35.2 Å². The van der Waals surface area contributed by atoms with E-state index in [9.17, 15) is 13.2 Å². The van der Waals surface area contributed by atoms with Gasteiger partial charge in [-0.3, -0.25) is 9.10 Å². The van der Waals surface area contributed by atoms with Crippen LogP contribution < -0.4 is 13.9 Å². The van der Waals surface area contributed by atoms with Crippen molar-refractivity contribution >= 4 is 39.1 Å². The SMILES string of the molecule is COc1ccc(C(=O)N2CCSc3ccccc32)cc1S(=O)(=O)N1CCCc2ccccc21. The second-order valence-electron chi connectivity index (χ2n) is 7.95. The van der Waals surface area contributed by atoms with Gasteiger partial charge in [0.25, 0.3) is 15.9 Å². The highest BCUT2D eigenvalue weighted by molar-refractivity contribution is 7.99. The Hall–Kier alpha value is -2.97. The van der Waals surface area contributed by atoms with E-state index in [-0.39, 0.29) is 16.6 Å². The van der Waals surface area contributed by atoms with Crippen LogP contribution in [0.15, 0.2) is 76.5 Å². The average Bonchev–Trinajstić information content (AvgIpc) is 2.87. The molecular formula is C25H24N2O4S2. The van der Waals surface area contributed by atoms with Crippen LogP contribution in [0.25, 0.3) is 0 Å². The van der Waals surface area contributed by atoms with Crippen LogP contribution in [0.1, 0.15) is 22.3 Å². The van der Waals surface area contributed by atoms with Crippen LogP contribution in [0.2, 0.25) is 0 Å². The fourth-order valence-electron chi connectivity index (χ4n) is 4.42. The highest BCUT2D eigenvalue weighted by atomic mass is 32.2. The van der Waals surface area contributed by atoms with Gasteiger partial charge in [0.15, 0.2) is 0 Å². The minimum atomic E-state index is -3.93. The summed E-state index contributed by atoms with van der Waals surface area (Å²) >= 11 is 1.71. The number of thioether (sulfide) groups is 1. The molecule has 0 aromatic heterocycles. The molecule has 0 unspecified atom stereocenters. The second-order valence-corrected chi connectivity index (χ2v) is 10.9. The lowest BCUT2D eigenvalue weighted by Crippen LogP contribution is -2.37. The number of amides is 1. The van der Waals surface area contributed by atoms with Gasteiger partial charge >= 0.3 is 0 Å². The summed E-state index contributed by atoms with van der Waals surface area (Å²) in [6.07, 6.45) is 1.57. The molecule has 3 aromatic rings. The van der Waals surface area contributed by atoms with Crippen molar-refractivity contribution in [1.29, 1.82) is 0 Å². The van der Waals surface area contributed by atoms with Gasteiger partial charge in [0.05, 0.1) is 18.5 Å². The van der Waals surface area contributed by atoms with E-state index in [1.165, 1.54) is 17.5 Å². The number of hydrogen-bond donors (Lipinski definition) is 0. The molecule has 2 heterocycles. The molecule has 0 saturated carbocycles. The molecule has 0 radical (unpaired) electrons. The number of methoxy groups -OCH3 is 1. The number of aryl methyl sites for hydroxylation is 1. The number of hydrogen-bond acceptors (Lipinski definition) is 5. The fraction of sp³-hybridized carbons (Fsp3) is 0.240. The van der Waals surface area contributed by atoms with Gasteiger partial charge in [0, 0.05) is 29.3 Å². The van der Waals surface area contributed by atoms with E-state index in [1.54, 1.807) is 28.8 Å². The maximum atomic E-state index is 13.8. The number of sulfonamides is 1. The van der Waals surface area contributed by atoms with E-state index < -0.39 is 10.0 Å². The van der Waals surface area contributed by atoms with Gasteiger partial charge in [-0.25, -0.2) is 8.42 Å². The Kier molecular flexibility index (Phi) is 5.80. The van der Waals surface area contributed by atoms with Crippen LogP contribution in [0, 0.1) is 0 Å². The molecule has 2 aliphatic rings. The van der Waals surface area contributed by atoms with Crippen LogP contribution in [0.4, 0.5) is 11.4 Å². The quantitative estimate of drug-likeness (QED) is 0.547. The number of anilines is 2. The van der Waals surface area contributed by atoms with E-state index in [0.29, 0.717) is 24.3 Å². The standard InChI is InChI=1S/C25H24N2O4S2/c1-31-22-13-12-19(25(28)26-15-16-32-23-11-5-4-10-21(23)26)17-24(22)33(29,30)27-14-6-8-18-7-2-3-9-20(18)27/h2-5,7,9-13,17H,6,8,14-16H2,1H3. The van der Waals surface area contributed by atoms with Crippen LogP contribution >= 0.6 is 11.8 Å². The summed E-state index contributed by atoms with van der Waals surface area (Å²) in [7, 11) is -2.49. The van der Waals surface area contributed by atoms with Crippen LogP contribution in [-0.2, 0) is 16.4 Å². The van der Waals surface area contributed by atoms with Gasteiger partial charge in [-0.05, 0) is 54.8 Å². The Morgan fingerprint density at radius 2 is 1.73 bits per heavy atom. The molecule has 1 amide bonds. The summed E-state index contributed by atoms with van der Waals surface area (Å²) in [4.78, 5) is 16.3. The Labute approximate surface area is 198 Å². The molecule has 0 bridgehead atoms. The Morgan fingerprint density at radius 1 is 0.970 bits per heavy atom. The molecule has 0 N–H and O–H groups in total. The number of ether oxygens (including phenoxy) is 1. The van der Waals surface area contributed by atoms with Gasteiger partial charge in [-0.2, -0.15) is 0 Å². The molecule has 33 heavy (non-hydrogen) atoms. The summed E-state index contributed by atoms with van der Waals surface area (Å²) in [6.45, 7) is 0.950.